The fourth-order valence-corrected chi connectivity index (χ4v) is 4.22. The largest absolute Gasteiger partial charge is 0.388 e. The topological polar surface area (TPSA) is 32.3 Å². The first-order valence-electron chi connectivity index (χ1n) is 10.6. The smallest absolute Gasteiger partial charge is 0.246 e. The molecule has 0 spiro atoms. The normalized spacial score (nSPS) is 16.0. The van der Waals surface area contributed by atoms with Crippen LogP contribution in [0, 0.1) is 0 Å². The molecule has 0 atom stereocenters. The molecule has 0 unspecified atom stereocenters. The number of amides is 1. The van der Waals surface area contributed by atoms with E-state index in [0.717, 1.165) is 51.0 Å². The molecule has 2 aromatic rings. The summed E-state index contributed by atoms with van der Waals surface area (Å²) in [5.74, 6) is 0.107. The number of piperidine rings is 1. The van der Waals surface area contributed by atoms with Gasteiger partial charge in [0.25, 0.3) is 0 Å². The van der Waals surface area contributed by atoms with Crippen molar-refractivity contribution in [3.05, 3.63) is 96.2 Å². The third-order valence-corrected chi connectivity index (χ3v) is 5.97. The van der Waals surface area contributed by atoms with Crippen LogP contribution < -0.4 is 5.32 Å². The summed E-state index contributed by atoms with van der Waals surface area (Å²) in [6.07, 6.45) is 7.39. The third kappa shape index (κ3) is 5.17. The minimum absolute atomic E-state index is 0.107. The molecule has 2 aromatic carbocycles. The molecule has 3 nitrogen and oxygen atoms in total. The van der Waals surface area contributed by atoms with Crippen LogP contribution in [0.4, 0.5) is 0 Å². The summed E-state index contributed by atoms with van der Waals surface area (Å²) in [5.41, 5.74) is 3.61. The molecule has 0 radical (unpaired) electrons. The highest BCUT2D eigenvalue weighted by atomic mass is 16.2. The Bertz CT molecular complexity index is 818. The lowest BCUT2D eigenvalue weighted by atomic mass is 9.70. The molecule has 29 heavy (non-hydrogen) atoms. The number of benzene rings is 2. The van der Waals surface area contributed by atoms with Crippen molar-refractivity contribution in [2.24, 2.45) is 0 Å². The summed E-state index contributed by atoms with van der Waals surface area (Å²) in [5, 5.41) is 3.62. The van der Waals surface area contributed by atoms with Gasteiger partial charge in [-0.25, -0.2) is 0 Å². The maximum absolute atomic E-state index is 12.3. The Morgan fingerprint density at radius 2 is 1.69 bits per heavy atom. The molecule has 3 rings (SSSR count). The Labute approximate surface area is 175 Å². The van der Waals surface area contributed by atoms with E-state index in [1.807, 2.05) is 17.9 Å². The average Bonchev–Trinajstić information content (AvgIpc) is 2.78. The minimum Gasteiger partial charge on any atom is -0.388 e. The van der Waals surface area contributed by atoms with Crippen LogP contribution >= 0.6 is 0 Å². The summed E-state index contributed by atoms with van der Waals surface area (Å²) in [6, 6.07) is 21.2. The quantitative estimate of drug-likeness (QED) is 0.517. The van der Waals surface area contributed by atoms with Crippen molar-refractivity contribution < 1.29 is 4.79 Å². The maximum atomic E-state index is 12.3. The van der Waals surface area contributed by atoms with Gasteiger partial charge in [0.2, 0.25) is 5.91 Å². The van der Waals surface area contributed by atoms with Crippen molar-refractivity contribution in [3.8, 4) is 0 Å². The average molecular weight is 389 g/mol. The van der Waals surface area contributed by atoms with E-state index in [2.05, 4.69) is 72.6 Å². The van der Waals surface area contributed by atoms with Gasteiger partial charge >= 0.3 is 0 Å². The summed E-state index contributed by atoms with van der Waals surface area (Å²) in [7, 11) is 0. The van der Waals surface area contributed by atoms with Gasteiger partial charge in [-0.05, 0) is 49.8 Å². The van der Waals surface area contributed by atoms with Gasteiger partial charge in [-0.3, -0.25) is 4.79 Å². The molecule has 0 saturated carbocycles. The molecule has 152 valence electrons. The van der Waals surface area contributed by atoms with E-state index < -0.39 is 0 Å². The van der Waals surface area contributed by atoms with E-state index in [1.165, 1.54) is 11.1 Å². The summed E-state index contributed by atoms with van der Waals surface area (Å²) in [6.45, 7) is 8.75. The predicted octanol–water partition coefficient (Wildman–Crippen LogP) is 4.86. The van der Waals surface area contributed by atoms with Gasteiger partial charge in [0.05, 0.1) is 0 Å². The van der Waals surface area contributed by atoms with Gasteiger partial charge < -0.3 is 10.2 Å². The number of carbonyl (C=O) groups is 1. The number of aryl methyl sites for hydroxylation is 1. The molecular formula is C26H32N2O. The second kappa shape index (κ2) is 10.1. The highest BCUT2D eigenvalue weighted by molar-refractivity contribution is 5.87. The number of nitrogens with one attached hydrogen (secondary N) is 1. The van der Waals surface area contributed by atoms with Crippen LogP contribution in [0.15, 0.2) is 85.1 Å². The molecule has 1 amide bonds. The van der Waals surface area contributed by atoms with Crippen LogP contribution in [0.1, 0.15) is 37.3 Å². The lowest BCUT2D eigenvalue weighted by molar-refractivity contribution is -0.127. The monoisotopic (exact) mass is 388 g/mol. The lowest BCUT2D eigenvalue weighted by Gasteiger charge is -2.43. The molecule has 0 aromatic heterocycles. The van der Waals surface area contributed by atoms with Crippen LogP contribution in [0.3, 0.4) is 0 Å². The first-order valence-corrected chi connectivity index (χ1v) is 10.6. The maximum Gasteiger partial charge on any atom is 0.246 e. The summed E-state index contributed by atoms with van der Waals surface area (Å²) >= 11 is 0. The first kappa shape index (κ1) is 20.9. The molecule has 3 heteroatoms. The Morgan fingerprint density at radius 3 is 2.31 bits per heavy atom. The zero-order valence-electron chi connectivity index (χ0n) is 17.4. The molecule has 1 aliphatic rings. The highest BCUT2D eigenvalue weighted by Crippen LogP contribution is 2.40. The van der Waals surface area contributed by atoms with Crippen molar-refractivity contribution in [3.63, 3.8) is 0 Å². The zero-order chi connectivity index (χ0) is 20.5. The summed E-state index contributed by atoms with van der Waals surface area (Å²) in [4.78, 5) is 14.2. The number of hydrogen-bond acceptors (Lipinski definition) is 2. The minimum atomic E-state index is -0.124. The van der Waals surface area contributed by atoms with Crippen molar-refractivity contribution in [1.29, 1.82) is 0 Å². The predicted molar refractivity (Wildman–Crippen MR) is 121 cm³/mol. The van der Waals surface area contributed by atoms with Gasteiger partial charge in [-0.15, -0.1) is 0 Å². The molecule has 1 N–H and O–H groups in total. The second-order valence-electron chi connectivity index (χ2n) is 7.77. The number of nitrogens with zero attached hydrogens (tertiary/aromatic N) is 1. The number of likely N-dealkylation sites (tertiary alicyclic amines) is 1. The van der Waals surface area contributed by atoms with Gasteiger partial charge in [-0.2, -0.15) is 0 Å². The van der Waals surface area contributed by atoms with E-state index in [1.54, 1.807) is 6.08 Å². The molecule has 1 fully saturated rings. The fourth-order valence-electron chi connectivity index (χ4n) is 4.22. The fraction of sp³-hybridized carbons (Fsp3) is 0.346. The zero-order valence-corrected chi connectivity index (χ0v) is 17.4. The van der Waals surface area contributed by atoms with Gasteiger partial charge in [0, 0.05) is 30.7 Å². The Kier molecular flexibility index (Phi) is 7.29. The number of rotatable bonds is 8. The third-order valence-electron chi connectivity index (χ3n) is 5.97. The standard InChI is InChI=1S/C26H32N2O/c1-3-11-25(29)28-20-17-26(18-21-28,24-15-8-5-9-16-24)22(2)27-19-10-14-23-12-6-4-7-13-23/h3-9,11-13,15-16,27H,2,10,14,17-21H2,1H3/b11-3+. The lowest BCUT2D eigenvalue weighted by Crippen LogP contribution is -2.47. The van der Waals surface area contributed by atoms with Crippen molar-refractivity contribution in [2.75, 3.05) is 19.6 Å². The number of allylic oxidation sites excluding steroid dienone is 2. The van der Waals surface area contributed by atoms with Crippen molar-refractivity contribution in [1.82, 2.24) is 10.2 Å². The van der Waals surface area contributed by atoms with Crippen LogP contribution in [-0.4, -0.2) is 30.4 Å². The SMILES string of the molecule is C=C(NCCCc1ccccc1)C1(c2ccccc2)CCN(C(=O)/C=C/C)CC1. The molecule has 1 heterocycles. The molecule has 0 bridgehead atoms. The van der Waals surface area contributed by atoms with Crippen LogP contribution in [-0.2, 0) is 16.6 Å². The Hall–Kier alpha value is -2.81. The molecule has 1 saturated heterocycles. The van der Waals surface area contributed by atoms with Crippen molar-refractivity contribution >= 4 is 5.91 Å². The van der Waals surface area contributed by atoms with E-state index in [-0.39, 0.29) is 11.3 Å². The Morgan fingerprint density at radius 1 is 1.07 bits per heavy atom. The van der Waals surface area contributed by atoms with Crippen LogP contribution in [0.2, 0.25) is 0 Å². The molecule has 0 aliphatic carbocycles. The highest BCUT2D eigenvalue weighted by Gasteiger charge is 2.39. The second-order valence-corrected chi connectivity index (χ2v) is 7.77. The van der Waals surface area contributed by atoms with E-state index >= 15 is 0 Å². The van der Waals surface area contributed by atoms with Crippen LogP contribution in [0.25, 0.3) is 0 Å². The van der Waals surface area contributed by atoms with Crippen molar-refractivity contribution in [2.45, 2.75) is 38.0 Å². The molecular weight excluding hydrogens is 356 g/mol. The van der Waals surface area contributed by atoms with E-state index in [4.69, 9.17) is 0 Å². The molecule has 1 aliphatic heterocycles. The van der Waals surface area contributed by atoms with Crippen LogP contribution in [0.5, 0.6) is 0 Å². The first-order chi connectivity index (χ1) is 14.2. The number of carbonyl (C=O) groups excluding carboxylic acids is 1. The van der Waals surface area contributed by atoms with E-state index in [0.29, 0.717) is 0 Å². The van der Waals surface area contributed by atoms with Gasteiger partial charge in [-0.1, -0.05) is 73.3 Å². The van der Waals surface area contributed by atoms with E-state index in [9.17, 15) is 4.79 Å². The van der Waals surface area contributed by atoms with Gasteiger partial charge in [0.15, 0.2) is 0 Å². The number of hydrogen-bond donors (Lipinski definition) is 1. The summed E-state index contributed by atoms with van der Waals surface area (Å²) < 4.78 is 0. The van der Waals surface area contributed by atoms with Gasteiger partial charge in [0.1, 0.15) is 0 Å². The Balaban J connectivity index is 1.65.